The number of amides is 1. The maximum Gasteiger partial charge on any atom is 0.239 e. The molecule has 0 aliphatic rings. The molecule has 0 aliphatic carbocycles. The van der Waals surface area contributed by atoms with Crippen LogP contribution in [-0.4, -0.2) is 58.0 Å². The van der Waals surface area contributed by atoms with E-state index in [0.717, 1.165) is 21.9 Å². The van der Waals surface area contributed by atoms with Crippen LogP contribution in [0.2, 0.25) is 0 Å². The first-order chi connectivity index (χ1) is 14.5. The van der Waals surface area contributed by atoms with E-state index < -0.39 is 15.9 Å². The van der Waals surface area contributed by atoms with Crippen LogP contribution in [0.4, 0.5) is 5.69 Å². The van der Waals surface area contributed by atoms with Crippen LogP contribution in [0.3, 0.4) is 0 Å². The van der Waals surface area contributed by atoms with Gasteiger partial charge in [-0.2, -0.15) is 9.29 Å². The van der Waals surface area contributed by atoms with Crippen molar-refractivity contribution in [3.8, 4) is 17.4 Å². The van der Waals surface area contributed by atoms with Crippen molar-refractivity contribution in [2.24, 2.45) is 0 Å². The van der Waals surface area contributed by atoms with Gasteiger partial charge in [0.05, 0.1) is 18.5 Å². The second-order valence-electron chi connectivity index (χ2n) is 7.09. The Labute approximate surface area is 181 Å². The number of hydrogen-bond acceptors (Lipinski definition) is 7. The van der Waals surface area contributed by atoms with E-state index in [1.807, 2.05) is 18.4 Å². The molecule has 164 valence electrons. The predicted molar refractivity (Wildman–Crippen MR) is 116 cm³/mol. The molecule has 0 aliphatic heterocycles. The third-order valence-corrected chi connectivity index (χ3v) is 5.85. The Morgan fingerprint density at radius 2 is 1.84 bits per heavy atom. The monoisotopic (exact) mass is 444 g/mol. The minimum absolute atomic E-state index is 0.271. The lowest BCUT2D eigenvalue weighted by atomic mass is 10.3. The summed E-state index contributed by atoms with van der Waals surface area (Å²) in [6.07, 6.45) is 2.75. The summed E-state index contributed by atoms with van der Waals surface area (Å²) in [6.45, 7) is 5.40. The minimum atomic E-state index is -3.43. The Morgan fingerprint density at radius 1 is 1.16 bits per heavy atom. The number of nitrogens with zero attached hydrogens (tertiary/aromatic N) is 5. The summed E-state index contributed by atoms with van der Waals surface area (Å²) < 4.78 is 31.5. The second kappa shape index (κ2) is 8.82. The first-order valence-electron chi connectivity index (χ1n) is 9.38. The lowest BCUT2D eigenvalue weighted by molar-refractivity contribution is -0.116. The Morgan fingerprint density at radius 3 is 2.42 bits per heavy atom. The maximum atomic E-state index is 12.0. The quantitative estimate of drug-likeness (QED) is 0.593. The number of aryl methyl sites for hydroxylation is 2. The molecule has 2 heterocycles. The van der Waals surface area contributed by atoms with Gasteiger partial charge in [0.25, 0.3) is 0 Å². The number of anilines is 1. The first-order valence-corrected chi connectivity index (χ1v) is 11.2. The number of ether oxygens (including phenoxy) is 1. The summed E-state index contributed by atoms with van der Waals surface area (Å²) >= 11 is 0. The molecule has 0 unspecified atom stereocenters. The van der Waals surface area contributed by atoms with Gasteiger partial charge in [0.2, 0.25) is 21.8 Å². The van der Waals surface area contributed by atoms with Gasteiger partial charge >= 0.3 is 0 Å². The molecule has 11 heteroatoms. The molecule has 3 rings (SSSR count). The van der Waals surface area contributed by atoms with Crippen LogP contribution in [0.25, 0.3) is 5.82 Å². The van der Waals surface area contributed by atoms with E-state index in [-0.39, 0.29) is 6.54 Å². The van der Waals surface area contributed by atoms with Crippen molar-refractivity contribution in [1.82, 2.24) is 23.8 Å². The highest BCUT2D eigenvalue weighted by atomic mass is 32.2. The number of likely N-dealkylation sites (N-methyl/N-ethyl adjacent to an activating group) is 1. The summed E-state index contributed by atoms with van der Waals surface area (Å²) in [5.74, 6) is 1.66. The molecule has 2 aromatic heterocycles. The Bertz CT molecular complexity index is 1200. The number of rotatable bonds is 7. The van der Waals surface area contributed by atoms with Gasteiger partial charge in [-0.1, -0.05) is 0 Å². The molecule has 3 aromatic rings. The zero-order valence-corrected chi connectivity index (χ0v) is 18.8. The molecule has 0 fully saturated rings. The molecular formula is C20H24N6O4S. The summed E-state index contributed by atoms with van der Waals surface area (Å²) in [6, 6.07) is 8.40. The van der Waals surface area contributed by atoms with Crippen LogP contribution in [-0.2, 0) is 14.8 Å². The number of nitrogens with one attached hydrogen (secondary N) is 1. The molecule has 1 amide bonds. The summed E-state index contributed by atoms with van der Waals surface area (Å²) in [5, 5.41) is 2.65. The predicted octanol–water partition coefficient (Wildman–Crippen LogP) is 2.21. The molecule has 1 N–H and O–H groups in total. The Hall–Kier alpha value is -3.31. The van der Waals surface area contributed by atoms with E-state index in [9.17, 15) is 13.2 Å². The molecule has 0 saturated carbocycles. The fourth-order valence-electron chi connectivity index (χ4n) is 2.68. The number of carbonyl (C=O) groups is 1. The van der Waals surface area contributed by atoms with Gasteiger partial charge < -0.3 is 10.1 Å². The maximum absolute atomic E-state index is 12.0. The normalized spacial score (nSPS) is 11.5. The number of carbonyl (C=O) groups excluding carboxylic acids is 1. The van der Waals surface area contributed by atoms with Crippen molar-refractivity contribution in [3.63, 3.8) is 0 Å². The molecule has 0 spiro atoms. The molecule has 0 atom stereocenters. The van der Waals surface area contributed by atoms with Crippen molar-refractivity contribution in [2.75, 3.05) is 25.2 Å². The molecule has 10 nitrogen and oxygen atoms in total. The van der Waals surface area contributed by atoms with Gasteiger partial charge in [0, 0.05) is 24.5 Å². The fourth-order valence-corrected chi connectivity index (χ4v) is 3.03. The summed E-state index contributed by atoms with van der Waals surface area (Å²) in [7, 11) is -2.08. The van der Waals surface area contributed by atoms with Gasteiger partial charge in [0.15, 0.2) is 0 Å². The number of aromatic nitrogens is 4. The highest BCUT2D eigenvalue weighted by Gasteiger charge is 2.15. The van der Waals surface area contributed by atoms with E-state index in [0.29, 0.717) is 29.0 Å². The first kappa shape index (κ1) is 22.4. The molecule has 0 bridgehead atoms. The van der Waals surface area contributed by atoms with E-state index >= 15 is 0 Å². The van der Waals surface area contributed by atoms with Crippen molar-refractivity contribution < 1.29 is 17.9 Å². The van der Waals surface area contributed by atoms with E-state index in [2.05, 4.69) is 20.3 Å². The van der Waals surface area contributed by atoms with E-state index in [1.165, 1.54) is 7.05 Å². The average Bonchev–Trinajstić information content (AvgIpc) is 3.01. The van der Waals surface area contributed by atoms with Crippen molar-refractivity contribution in [3.05, 3.63) is 53.9 Å². The molecule has 0 saturated heterocycles. The third kappa shape index (κ3) is 5.64. The van der Waals surface area contributed by atoms with Crippen LogP contribution in [0.1, 0.15) is 17.2 Å². The van der Waals surface area contributed by atoms with Crippen molar-refractivity contribution in [1.29, 1.82) is 0 Å². The van der Waals surface area contributed by atoms with Crippen LogP contribution in [0, 0.1) is 20.8 Å². The van der Waals surface area contributed by atoms with Gasteiger partial charge in [-0.25, -0.2) is 18.4 Å². The zero-order valence-electron chi connectivity index (χ0n) is 17.9. The standard InChI is InChI=1S/C20H24N6O4S/c1-13-14(2)26(12-21-13)18-10-20(23-15(3)22-18)30-17-8-6-16(7-9-17)24-19(27)11-25(4)31(5,28)29/h6-10,12H,11H2,1-5H3,(H,24,27). The van der Waals surface area contributed by atoms with Crippen LogP contribution >= 0.6 is 0 Å². The van der Waals surface area contributed by atoms with E-state index in [1.54, 1.807) is 43.6 Å². The number of imidazole rings is 1. The third-order valence-electron chi connectivity index (χ3n) is 4.59. The van der Waals surface area contributed by atoms with Crippen LogP contribution < -0.4 is 10.1 Å². The second-order valence-corrected chi connectivity index (χ2v) is 9.18. The molecule has 0 radical (unpaired) electrons. The lowest BCUT2D eigenvalue weighted by Gasteiger charge is -2.14. The average molecular weight is 445 g/mol. The van der Waals surface area contributed by atoms with Crippen molar-refractivity contribution in [2.45, 2.75) is 20.8 Å². The Balaban J connectivity index is 1.70. The zero-order chi connectivity index (χ0) is 22.8. The highest BCUT2D eigenvalue weighted by molar-refractivity contribution is 7.88. The SMILES string of the molecule is Cc1nc(Oc2ccc(NC(=O)CN(C)S(C)(=O)=O)cc2)cc(-n2cnc(C)c2C)n1. The fraction of sp³-hybridized carbons (Fsp3) is 0.300. The highest BCUT2D eigenvalue weighted by Crippen LogP contribution is 2.24. The van der Waals surface area contributed by atoms with Gasteiger partial charge in [0.1, 0.15) is 23.7 Å². The number of sulfonamides is 1. The number of benzene rings is 1. The molecule has 1 aromatic carbocycles. The summed E-state index contributed by atoms with van der Waals surface area (Å²) in [5.41, 5.74) is 2.41. The van der Waals surface area contributed by atoms with Crippen molar-refractivity contribution >= 4 is 21.6 Å². The molecular weight excluding hydrogens is 420 g/mol. The topological polar surface area (TPSA) is 119 Å². The smallest absolute Gasteiger partial charge is 0.239 e. The summed E-state index contributed by atoms with van der Waals surface area (Å²) in [4.78, 5) is 25.1. The van der Waals surface area contributed by atoms with Gasteiger partial charge in [-0.15, -0.1) is 0 Å². The number of hydrogen-bond donors (Lipinski definition) is 1. The van der Waals surface area contributed by atoms with Gasteiger partial charge in [-0.3, -0.25) is 9.36 Å². The lowest BCUT2D eigenvalue weighted by Crippen LogP contribution is -2.34. The van der Waals surface area contributed by atoms with Crippen LogP contribution in [0.15, 0.2) is 36.7 Å². The molecule has 31 heavy (non-hydrogen) atoms. The van der Waals surface area contributed by atoms with Gasteiger partial charge in [-0.05, 0) is 45.0 Å². The minimum Gasteiger partial charge on any atom is -0.439 e. The van der Waals surface area contributed by atoms with E-state index in [4.69, 9.17) is 4.74 Å². The largest absolute Gasteiger partial charge is 0.439 e. The van der Waals surface area contributed by atoms with Crippen LogP contribution in [0.5, 0.6) is 11.6 Å². The Kier molecular flexibility index (Phi) is 6.37.